The second-order valence-electron chi connectivity index (χ2n) is 8.87. The average Bonchev–Trinajstić information content (AvgIpc) is 2.78. The number of carboxylic acids is 1. The lowest BCUT2D eigenvalue weighted by Gasteiger charge is -2.28. The minimum atomic E-state index is -1.41. The number of rotatable bonds is 13. The van der Waals surface area contributed by atoms with E-state index >= 15 is 0 Å². The first-order valence-corrected chi connectivity index (χ1v) is 12.0. The molecule has 0 heterocycles. The summed E-state index contributed by atoms with van der Waals surface area (Å²) >= 11 is 0. The van der Waals surface area contributed by atoms with Crippen molar-refractivity contribution in [3.05, 3.63) is 23.8 Å². The van der Waals surface area contributed by atoms with Crippen LogP contribution in [0.2, 0.25) is 0 Å². The Kier molecular flexibility index (Phi) is 13.2. The van der Waals surface area contributed by atoms with E-state index in [2.05, 4.69) is 0 Å². The van der Waals surface area contributed by atoms with E-state index in [0.29, 0.717) is 12.0 Å². The lowest BCUT2D eigenvalue weighted by atomic mass is 9.82. The van der Waals surface area contributed by atoms with Gasteiger partial charge in [0, 0.05) is 5.92 Å². The Morgan fingerprint density at radius 1 is 0.865 bits per heavy atom. The number of hydrogen-bond donors (Lipinski definition) is 2. The molecule has 0 radical (unpaired) electrons. The Hall–Kier alpha value is -3.54. The van der Waals surface area contributed by atoms with Gasteiger partial charge in [-0.05, 0) is 57.7 Å². The van der Waals surface area contributed by atoms with Crippen molar-refractivity contribution in [1.29, 1.82) is 0 Å². The molecular weight excluding hydrogens is 490 g/mol. The quantitative estimate of drug-likeness (QED) is 0.158. The molecule has 0 aliphatic heterocycles. The molecule has 2 unspecified atom stereocenters. The first-order valence-electron chi connectivity index (χ1n) is 12.0. The molecule has 0 aliphatic carbocycles. The van der Waals surface area contributed by atoms with E-state index < -0.39 is 54.5 Å². The molecule has 0 aromatic heterocycles. The Labute approximate surface area is 216 Å². The van der Waals surface area contributed by atoms with Crippen LogP contribution in [0.3, 0.4) is 0 Å². The molecule has 0 amide bonds. The molecule has 12 heteroatoms. The van der Waals surface area contributed by atoms with Crippen molar-refractivity contribution < 1.29 is 52.7 Å². The van der Waals surface area contributed by atoms with Gasteiger partial charge < -0.3 is 39.3 Å². The van der Waals surface area contributed by atoms with Crippen molar-refractivity contribution in [3.63, 3.8) is 0 Å². The maximum absolute atomic E-state index is 12.2. The molecule has 12 nitrogen and oxygen atoms in total. The summed E-state index contributed by atoms with van der Waals surface area (Å²) in [6, 6.07) is 2.66. The summed E-state index contributed by atoms with van der Waals surface area (Å²) in [5, 5.41) is 9.61. The van der Waals surface area contributed by atoms with E-state index in [1.807, 2.05) is 6.92 Å². The summed E-state index contributed by atoms with van der Waals surface area (Å²) in [5.74, 6) is -3.19. The highest BCUT2D eigenvalue weighted by Crippen LogP contribution is 2.36. The summed E-state index contributed by atoms with van der Waals surface area (Å²) < 4.78 is 30.5. The van der Waals surface area contributed by atoms with Crippen molar-refractivity contribution in [3.8, 4) is 11.5 Å². The lowest BCUT2D eigenvalue weighted by molar-refractivity contribution is -0.139. The fraction of sp³-hybridized carbons (Fsp3) is 0.600. The number of carboxylic acid groups (broad SMARTS) is 1. The minimum absolute atomic E-state index is 0.166. The molecule has 1 aromatic rings. The highest BCUT2D eigenvalue weighted by Gasteiger charge is 2.33. The Morgan fingerprint density at radius 3 is 1.95 bits per heavy atom. The topological polar surface area (TPSA) is 170 Å². The van der Waals surface area contributed by atoms with Gasteiger partial charge in [-0.3, -0.25) is 4.79 Å². The normalized spacial score (nSPS) is 13.3. The van der Waals surface area contributed by atoms with Crippen LogP contribution in [-0.2, 0) is 23.7 Å². The van der Waals surface area contributed by atoms with Crippen LogP contribution in [0.5, 0.6) is 11.5 Å². The number of carbonyl (C=O) groups is 4. The highest BCUT2D eigenvalue weighted by atomic mass is 16.8. The summed E-state index contributed by atoms with van der Waals surface area (Å²) in [5.41, 5.74) is 6.30. The fourth-order valence-electron chi connectivity index (χ4n) is 3.20. The van der Waals surface area contributed by atoms with Gasteiger partial charge in [-0.25, -0.2) is 14.4 Å². The SMILES string of the molecule is CCCCOC(=O)OCC(C)C(c1ccc(OC(=O)OC(C)C)c(OC(=O)OC(C)C)c1)[C@H](N)C(=O)O. The predicted molar refractivity (Wildman–Crippen MR) is 131 cm³/mol. The Balaban J connectivity index is 3.28. The van der Waals surface area contributed by atoms with Gasteiger partial charge in [0.15, 0.2) is 11.5 Å². The van der Waals surface area contributed by atoms with E-state index in [4.69, 9.17) is 34.2 Å². The number of unbranched alkanes of at least 4 members (excludes halogenated alkanes) is 1. The van der Waals surface area contributed by atoms with E-state index in [0.717, 1.165) is 6.42 Å². The zero-order valence-corrected chi connectivity index (χ0v) is 22.1. The summed E-state index contributed by atoms with van der Waals surface area (Å²) in [6.07, 6.45) is -2.42. The molecular formula is C25H37NO11. The number of hydrogen-bond acceptors (Lipinski definition) is 11. The summed E-state index contributed by atoms with van der Waals surface area (Å²) in [6.45, 7) is 10.1. The zero-order valence-electron chi connectivity index (χ0n) is 22.1. The van der Waals surface area contributed by atoms with Gasteiger partial charge in [0.2, 0.25) is 0 Å². The van der Waals surface area contributed by atoms with Crippen LogP contribution in [0.25, 0.3) is 0 Å². The first kappa shape index (κ1) is 31.5. The molecule has 0 saturated carbocycles. The van der Waals surface area contributed by atoms with E-state index in [1.54, 1.807) is 34.6 Å². The van der Waals surface area contributed by atoms with Crippen LogP contribution in [-0.4, -0.2) is 61.0 Å². The number of aliphatic carboxylic acids is 1. The van der Waals surface area contributed by atoms with Crippen molar-refractivity contribution in [2.45, 2.75) is 78.6 Å². The van der Waals surface area contributed by atoms with Gasteiger partial charge in [-0.2, -0.15) is 0 Å². The van der Waals surface area contributed by atoms with Crippen LogP contribution in [0, 0.1) is 5.92 Å². The van der Waals surface area contributed by atoms with Crippen molar-refractivity contribution in [2.75, 3.05) is 13.2 Å². The molecule has 1 aromatic carbocycles. The van der Waals surface area contributed by atoms with E-state index in [1.165, 1.54) is 18.2 Å². The summed E-state index contributed by atoms with van der Waals surface area (Å²) in [4.78, 5) is 47.8. The third-order valence-corrected chi connectivity index (χ3v) is 4.87. The fourth-order valence-corrected chi connectivity index (χ4v) is 3.20. The molecule has 208 valence electrons. The van der Waals surface area contributed by atoms with Gasteiger partial charge in [0.1, 0.15) is 6.04 Å². The Bertz CT molecular complexity index is 916. The van der Waals surface area contributed by atoms with E-state index in [9.17, 15) is 24.3 Å². The second kappa shape index (κ2) is 15.5. The standard InChI is InChI=1S/C25H37NO11/c1-7-8-11-32-23(29)33-13-16(6)20(21(26)22(27)28)17-9-10-18(36-24(30)34-14(2)3)19(12-17)37-25(31)35-15(4)5/h9-10,12,14-16,20-21H,7-8,11,13,26H2,1-6H3,(H,27,28)/t16?,20?,21-/m0/s1. The molecule has 3 atom stereocenters. The zero-order chi connectivity index (χ0) is 28.1. The van der Waals surface area contributed by atoms with Crippen molar-refractivity contribution >= 4 is 24.4 Å². The largest absolute Gasteiger partial charge is 0.514 e. The number of ether oxygens (including phenoxy) is 6. The van der Waals surface area contributed by atoms with Crippen LogP contribution >= 0.6 is 0 Å². The summed E-state index contributed by atoms with van der Waals surface area (Å²) in [7, 11) is 0. The first-order chi connectivity index (χ1) is 17.3. The molecule has 0 spiro atoms. The van der Waals surface area contributed by atoms with Gasteiger partial charge in [0.05, 0.1) is 25.4 Å². The molecule has 3 N–H and O–H groups in total. The maximum Gasteiger partial charge on any atom is 0.514 e. The maximum atomic E-state index is 12.2. The average molecular weight is 528 g/mol. The van der Waals surface area contributed by atoms with Crippen LogP contribution in [0.4, 0.5) is 14.4 Å². The molecule has 1 rings (SSSR count). The van der Waals surface area contributed by atoms with Gasteiger partial charge in [-0.15, -0.1) is 0 Å². The Morgan fingerprint density at radius 2 is 1.43 bits per heavy atom. The van der Waals surface area contributed by atoms with Gasteiger partial charge >= 0.3 is 24.4 Å². The highest BCUT2D eigenvalue weighted by molar-refractivity contribution is 5.75. The predicted octanol–water partition coefficient (Wildman–Crippen LogP) is 4.62. The van der Waals surface area contributed by atoms with Crippen LogP contribution in [0.15, 0.2) is 18.2 Å². The monoisotopic (exact) mass is 527 g/mol. The van der Waals surface area contributed by atoms with Crippen LogP contribution < -0.4 is 15.2 Å². The molecule has 0 fully saturated rings. The second-order valence-corrected chi connectivity index (χ2v) is 8.87. The molecule has 0 saturated heterocycles. The van der Waals surface area contributed by atoms with Gasteiger partial charge in [0.25, 0.3) is 0 Å². The van der Waals surface area contributed by atoms with Gasteiger partial charge in [-0.1, -0.05) is 26.3 Å². The third-order valence-electron chi connectivity index (χ3n) is 4.87. The number of carbonyl (C=O) groups excluding carboxylic acids is 3. The lowest BCUT2D eigenvalue weighted by Crippen LogP contribution is -2.40. The van der Waals surface area contributed by atoms with Crippen molar-refractivity contribution in [2.24, 2.45) is 11.7 Å². The number of nitrogens with two attached hydrogens (primary N) is 1. The van der Waals surface area contributed by atoms with E-state index in [-0.39, 0.29) is 24.7 Å². The third kappa shape index (κ3) is 11.4. The minimum Gasteiger partial charge on any atom is -0.480 e. The van der Waals surface area contributed by atoms with Crippen molar-refractivity contribution in [1.82, 2.24) is 0 Å². The molecule has 37 heavy (non-hydrogen) atoms. The van der Waals surface area contributed by atoms with Crippen LogP contribution in [0.1, 0.15) is 65.9 Å². The number of benzene rings is 1. The molecule has 0 bridgehead atoms. The smallest absolute Gasteiger partial charge is 0.480 e. The molecule has 0 aliphatic rings.